The highest BCUT2D eigenvalue weighted by Gasteiger charge is 2.19. The molecule has 2 aromatic heterocycles. The predicted molar refractivity (Wildman–Crippen MR) is 98.1 cm³/mol. The molecule has 4 heteroatoms. The third-order valence-electron chi connectivity index (χ3n) is 4.66. The van der Waals surface area contributed by atoms with Gasteiger partial charge in [0.25, 0.3) is 0 Å². The van der Waals surface area contributed by atoms with Crippen molar-refractivity contribution >= 4 is 21.9 Å². The SMILES string of the molecule is CCCCCC(c1cc2ccccc2[nH]1)n1nnc2ccccc21. The van der Waals surface area contributed by atoms with Gasteiger partial charge in [-0.3, -0.25) is 0 Å². The zero-order valence-electron chi connectivity index (χ0n) is 13.9. The van der Waals surface area contributed by atoms with Gasteiger partial charge < -0.3 is 4.98 Å². The standard InChI is InChI=1S/C20H22N4/c1-2-3-4-12-20(18-14-15-9-5-6-10-16(15)21-18)24-19-13-8-7-11-17(19)22-23-24/h5-11,13-14,20-21H,2-4,12H2,1H3. The van der Waals surface area contributed by atoms with Crippen LogP contribution >= 0.6 is 0 Å². The van der Waals surface area contributed by atoms with Crippen molar-refractivity contribution in [1.29, 1.82) is 0 Å². The fourth-order valence-corrected chi connectivity index (χ4v) is 3.39. The summed E-state index contributed by atoms with van der Waals surface area (Å²) in [7, 11) is 0. The average Bonchev–Trinajstić information content (AvgIpc) is 3.23. The van der Waals surface area contributed by atoms with Gasteiger partial charge in [0.05, 0.1) is 11.6 Å². The van der Waals surface area contributed by atoms with Crippen molar-refractivity contribution in [2.75, 3.05) is 0 Å². The Morgan fingerprint density at radius 2 is 1.88 bits per heavy atom. The van der Waals surface area contributed by atoms with Gasteiger partial charge in [-0.2, -0.15) is 0 Å². The first-order valence-corrected chi connectivity index (χ1v) is 8.74. The van der Waals surface area contributed by atoms with Gasteiger partial charge >= 0.3 is 0 Å². The van der Waals surface area contributed by atoms with Crippen molar-refractivity contribution in [1.82, 2.24) is 20.0 Å². The largest absolute Gasteiger partial charge is 0.357 e. The highest BCUT2D eigenvalue weighted by Crippen LogP contribution is 2.29. The minimum absolute atomic E-state index is 0.191. The molecule has 1 unspecified atom stereocenters. The summed E-state index contributed by atoms with van der Waals surface area (Å²) in [6.07, 6.45) is 4.71. The summed E-state index contributed by atoms with van der Waals surface area (Å²) >= 11 is 0. The number of aromatic nitrogens is 4. The minimum atomic E-state index is 0.191. The van der Waals surface area contributed by atoms with Gasteiger partial charge in [0.15, 0.2) is 0 Å². The number of nitrogens with zero attached hydrogens (tertiary/aromatic N) is 3. The molecule has 0 amide bonds. The molecule has 0 aliphatic heterocycles. The van der Waals surface area contributed by atoms with Crippen molar-refractivity contribution in [3.8, 4) is 0 Å². The first kappa shape index (κ1) is 14.9. The first-order chi connectivity index (χ1) is 11.9. The topological polar surface area (TPSA) is 46.5 Å². The summed E-state index contributed by atoms with van der Waals surface area (Å²) in [4.78, 5) is 3.59. The average molecular weight is 318 g/mol. The molecule has 2 aromatic carbocycles. The van der Waals surface area contributed by atoms with Gasteiger partial charge in [-0.25, -0.2) is 4.68 Å². The van der Waals surface area contributed by atoms with Crippen LogP contribution in [0.4, 0.5) is 0 Å². The third kappa shape index (κ3) is 2.68. The maximum Gasteiger partial charge on any atom is 0.113 e. The molecule has 1 N–H and O–H groups in total. The maximum absolute atomic E-state index is 4.47. The second kappa shape index (κ2) is 6.48. The van der Waals surface area contributed by atoms with Gasteiger partial charge in [-0.1, -0.05) is 61.7 Å². The Kier molecular flexibility index (Phi) is 4.03. The first-order valence-electron chi connectivity index (χ1n) is 8.74. The number of hydrogen-bond acceptors (Lipinski definition) is 2. The van der Waals surface area contributed by atoms with Gasteiger partial charge in [-0.15, -0.1) is 5.10 Å². The van der Waals surface area contributed by atoms with Gasteiger partial charge in [0, 0.05) is 11.2 Å². The Balaban J connectivity index is 1.78. The van der Waals surface area contributed by atoms with Crippen molar-refractivity contribution in [2.24, 2.45) is 0 Å². The molecule has 122 valence electrons. The molecule has 4 rings (SSSR count). The lowest BCUT2D eigenvalue weighted by Gasteiger charge is -2.16. The number of H-pyrrole nitrogens is 1. The lowest BCUT2D eigenvalue weighted by molar-refractivity contribution is 0.459. The Hall–Kier alpha value is -2.62. The molecule has 0 radical (unpaired) electrons. The zero-order valence-corrected chi connectivity index (χ0v) is 13.9. The number of fused-ring (bicyclic) bond motifs is 2. The summed E-state index contributed by atoms with van der Waals surface area (Å²) in [5.41, 5.74) is 4.44. The number of unbranched alkanes of at least 4 members (excludes halogenated alkanes) is 2. The molecule has 0 saturated heterocycles. The Morgan fingerprint density at radius 1 is 1.04 bits per heavy atom. The van der Waals surface area contributed by atoms with E-state index in [2.05, 4.69) is 69.4 Å². The molecule has 2 heterocycles. The van der Waals surface area contributed by atoms with Gasteiger partial charge in [0.1, 0.15) is 5.52 Å². The number of nitrogens with one attached hydrogen (secondary N) is 1. The van der Waals surface area contributed by atoms with E-state index >= 15 is 0 Å². The number of para-hydroxylation sites is 2. The summed E-state index contributed by atoms with van der Waals surface area (Å²) in [6.45, 7) is 2.24. The Labute approximate surface area is 141 Å². The number of aromatic amines is 1. The lowest BCUT2D eigenvalue weighted by Crippen LogP contribution is -2.13. The van der Waals surface area contributed by atoms with Crippen LogP contribution in [0.2, 0.25) is 0 Å². The van der Waals surface area contributed by atoms with Crippen LogP contribution < -0.4 is 0 Å². The highest BCUT2D eigenvalue weighted by molar-refractivity contribution is 5.80. The molecule has 0 bridgehead atoms. The van der Waals surface area contributed by atoms with Crippen molar-refractivity contribution in [2.45, 2.75) is 38.6 Å². The summed E-state index contributed by atoms with van der Waals surface area (Å²) in [6, 6.07) is 19.1. The number of rotatable bonds is 6. The van der Waals surface area contributed by atoms with Gasteiger partial charge in [0.2, 0.25) is 0 Å². The highest BCUT2D eigenvalue weighted by atomic mass is 15.4. The summed E-state index contributed by atoms with van der Waals surface area (Å²) in [5.74, 6) is 0. The quantitative estimate of drug-likeness (QED) is 0.504. The van der Waals surface area contributed by atoms with Gasteiger partial charge in [-0.05, 0) is 36.1 Å². The summed E-state index contributed by atoms with van der Waals surface area (Å²) < 4.78 is 2.08. The van der Waals surface area contributed by atoms with E-state index in [1.807, 2.05) is 12.1 Å². The smallest absolute Gasteiger partial charge is 0.113 e. The Morgan fingerprint density at radius 3 is 2.75 bits per heavy atom. The molecular weight excluding hydrogens is 296 g/mol. The molecule has 24 heavy (non-hydrogen) atoms. The second-order valence-electron chi connectivity index (χ2n) is 6.35. The van der Waals surface area contributed by atoms with Crippen LogP contribution in [0.15, 0.2) is 54.6 Å². The molecule has 4 aromatic rings. The van der Waals surface area contributed by atoms with E-state index in [0.717, 1.165) is 17.5 Å². The van der Waals surface area contributed by atoms with Crippen LogP contribution in [-0.2, 0) is 0 Å². The van der Waals surface area contributed by atoms with Crippen molar-refractivity contribution < 1.29 is 0 Å². The maximum atomic E-state index is 4.47. The molecule has 0 spiro atoms. The molecule has 0 fully saturated rings. The van der Waals surface area contributed by atoms with Crippen LogP contribution in [0.3, 0.4) is 0 Å². The zero-order chi connectivity index (χ0) is 16.4. The van der Waals surface area contributed by atoms with Crippen LogP contribution in [-0.4, -0.2) is 20.0 Å². The van der Waals surface area contributed by atoms with Crippen LogP contribution in [0.25, 0.3) is 21.9 Å². The molecular formula is C20H22N4. The molecule has 0 saturated carbocycles. The molecule has 0 aliphatic rings. The lowest BCUT2D eigenvalue weighted by atomic mass is 10.1. The van der Waals surface area contributed by atoms with E-state index in [9.17, 15) is 0 Å². The van der Waals surface area contributed by atoms with E-state index in [1.165, 1.54) is 35.9 Å². The monoisotopic (exact) mass is 318 g/mol. The predicted octanol–water partition coefficient (Wildman–Crippen LogP) is 5.08. The van der Waals surface area contributed by atoms with E-state index in [-0.39, 0.29) is 6.04 Å². The van der Waals surface area contributed by atoms with Crippen LogP contribution in [0, 0.1) is 0 Å². The normalized spacial score (nSPS) is 12.9. The Bertz CT molecular complexity index is 917. The fraction of sp³-hybridized carbons (Fsp3) is 0.300. The number of hydrogen-bond donors (Lipinski definition) is 1. The number of benzene rings is 2. The molecule has 1 atom stereocenters. The minimum Gasteiger partial charge on any atom is -0.357 e. The van der Waals surface area contributed by atoms with Crippen LogP contribution in [0.1, 0.15) is 44.3 Å². The molecule has 4 nitrogen and oxygen atoms in total. The van der Waals surface area contributed by atoms with Crippen LogP contribution in [0.5, 0.6) is 0 Å². The van der Waals surface area contributed by atoms with E-state index in [4.69, 9.17) is 0 Å². The third-order valence-corrected chi connectivity index (χ3v) is 4.66. The summed E-state index contributed by atoms with van der Waals surface area (Å²) in [5, 5.41) is 10.1. The van der Waals surface area contributed by atoms with Crippen molar-refractivity contribution in [3.05, 3.63) is 60.3 Å². The van der Waals surface area contributed by atoms with Crippen molar-refractivity contribution in [3.63, 3.8) is 0 Å². The second-order valence-corrected chi connectivity index (χ2v) is 6.35. The van der Waals surface area contributed by atoms with E-state index in [0.29, 0.717) is 0 Å². The molecule has 0 aliphatic carbocycles. The van der Waals surface area contributed by atoms with E-state index < -0.39 is 0 Å². The fourth-order valence-electron chi connectivity index (χ4n) is 3.39. The van der Waals surface area contributed by atoms with E-state index in [1.54, 1.807) is 0 Å².